The molecule has 0 aromatic heterocycles. The second-order valence-electron chi connectivity index (χ2n) is 6.32. The quantitative estimate of drug-likeness (QED) is 0.180. The molecule has 4 nitrogen and oxygen atoms in total. The minimum Gasteiger partial charge on any atom is -0.726 e. The van der Waals surface area contributed by atoms with Crippen molar-refractivity contribution >= 4 is 10.4 Å². The number of unbranched alkanes of at least 4 members (excludes halogenated alkanes) is 9. The Morgan fingerprint density at radius 3 is 1.57 bits per heavy atom. The fourth-order valence-electron chi connectivity index (χ4n) is 2.74. The number of hydrogen-bond acceptors (Lipinski definition) is 4. The SMILES string of the molecule is CCCCCCCCC(CCCCCCC)COS(=O)(=O)[O-].[K+]. The van der Waals surface area contributed by atoms with E-state index >= 15 is 0 Å². The largest absolute Gasteiger partial charge is 1.00 e. The third-order valence-corrected chi connectivity index (χ3v) is 4.55. The molecule has 0 N–H and O–H groups in total. The van der Waals surface area contributed by atoms with E-state index in [0.29, 0.717) is 0 Å². The van der Waals surface area contributed by atoms with Crippen molar-refractivity contribution in [1.82, 2.24) is 0 Å². The van der Waals surface area contributed by atoms with Crippen molar-refractivity contribution < 1.29 is 68.5 Å². The predicted molar refractivity (Wildman–Crippen MR) is 90.5 cm³/mol. The van der Waals surface area contributed by atoms with Gasteiger partial charge in [-0.15, -0.1) is 0 Å². The first kappa shape index (κ1) is 26.7. The summed E-state index contributed by atoms with van der Waals surface area (Å²) in [5, 5.41) is 0. The van der Waals surface area contributed by atoms with Gasteiger partial charge in [0, 0.05) is 0 Å². The van der Waals surface area contributed by atoms with Crippen LogP contribution in [0, 0.1) is 5.92 Å². The fourth-order valence-corrected chi connectivity index (χ4v) is 3.10. The normalized spacial score (nSPS) is 12.8. The molecule has 0 aromatic carbocycles. The second kappa shape index (κ2) is 18.3. The van der Waals surface area contributed by atoms with E-state index in [9.17, 15) is 13.0 Å². The van der Waals surface area contributed by atoms with E-state index in [1.54, 1.807) is 0 Å². The Hall–Kier alpha value is 1.51. The van der Waals surface area contributed by atoms with Gasteiger partial charge < -0.3 is 4.55 Å². The van der Waals surface area contributed by atoms with Crippen LogP contribution in [0.5, 0.6) is 0 Å². The van der Waals surface area contributed by atoms with E-state index in [-0.39, 0.29) is 63.9 Å². The summed E-state index contributed by atoms with van der Waals surface area (Å²) in [6, 6.07) is 0. The van der Waals surface area contributed by atoms with Crippen molar-refractivity contribution in [2.45, 2.75) is 97.3 Å². The number of hydrogen-bond donors (Lipinski definition) is 0. The average Bonchev–Trinajstić information content (AvgIpc) is 2.46. The van der Waals surface area contributed by atoms with Crippen LogP contribution in [-0.2, 0) is 14.6 Å². The Labute approximate surface area is 186 Å². The second-order valence-corrected chi connectivity index (χ2v) is 7.37. The smallest absolute Gasteiger partial charge is 0.726 e. The molecule has 0 amide bonds. The molecule has 1 atom stereocenters. The van der Waals surface area contributed by atoms with Gasteiger partial charge in [-0.3, -0.25) is 4.18 Å². The maximum atomic E-state index is 10.6. The maximum Gasteiger partial charge on any atom is 1.00 e. The van der Waals surface area contributed by atoms with E-state index in [2.05, 4.69) is 18.0 Å². The van der Waals surface area contributed by atoms with Crippen LogP contribution in [0.4, 0.5) is 0 Å². The third kappa shape index (κ3) is 21.5. The Morgan fingerprint density at radius 1 is 0.783 bits per heavy atom. The summed E-state index contributed by atoms with van der Waals surface area (Å²) in [5.74, 6) is 0.205. The molecule has 23 heavy (non-hydrogen) atoms. The van der Waals surface area contributed by atoms with Crippen LogP contribution < -0.4 is 51.4 Å². The van der Waals surface area contributed by atoms with Gasteiger partial charge in [0.15, 0.2) is 0 Å². The first-order valence-electron chi connectivity index (χ1n) is 9.09. The summed E-state index contributed by atoms with van der Waals surface area (Å²) in [6.07, 6.45) is 15.3. The molecule has 0 radical (unpaired) electrons. The topological polar surface area (TPSA) is 66.4 Å². The van der Waals surface area contributed by atoms with Gasteiger partial charge in [-0.2, -0.15) is 0 Å². The van der Waals surface area contributed by atoms with Crippen LogP contribution >= 0.6 is 0 Å². The zero-order valence-electron chi connectivity index (χ0n) is 15.5. The molecule has 0 fully saturated rings. The van der Waals surface area contributed by atoms with Crippen LogP contribution in [0.1, 0.15) is 97.3 Å². The average molecular weight is 375 g/mol. The van der Waals surface area contributed by atoms with E-state index in [1.807, 2.05) is 0 Å². The molecule has 0 saturated carbocycles. The molecular formula is C17H35KO4S. The van der Waals surface area contributed by atoms with Gasteiger partial charge in [0.25, 0.3) is 0 Å². The predicted octanol–water partition coefficient (Wildman–Crippen LogP) is 2.19. The molecule has 1 unspecified atom stereocenters. The van der Waals surface area contributed by atoms with Crippen molar-refractivity contribution in [2.24, 2.45) is 5.92 Å². The minimum atomic E-state index is -4.55. The zero-order valence-corrected chi connectivity index (χ0v) is 19.5. The fraction of sp³-hybridized carbons (Fsp3) is 1.00. The Bertz CT molecular complexity index is 333. The van der Waals surface area contributed by atoms with Crippen LogP contribution in [0.3, 0.4) is 0 Å². The molecule has 134 valence electrons. The van der Waals surface area contributed by atoms with E-state index < -0.39 is 10.4 Å². The molecule has 0 bridgehead atoms. The van der Waals surface area contributed by atoms with Gasteiger partial charge in [-0.25, -0.2) is 8.42 Å². The molecule has 0 spiro atoms. The monoisotopic (exact) mass is 374 g/mol. The van der Waals surface area contributed by atoms with Gasteiger partial charge in [0.1, 0.15) is 0 Å². The molecule has 0 saturated heterocycles. The molecule has 0 aliphatic heterocycles. The van der Waals surface area contributed by atoms with Crippen molar-refractivity contribution in [2.75, 3.05) is 6.61 Å². The van der Waals surface area contributed by atoms with Gasteiger partial charge in [-0.05, 0) is 18.8 Å². The standard InChI is InChI=1S/C17H36O4S.K/c1-3-5-7-9-11-13-15-17(16-21-22(18,19)20)14-12-10-8-6-4-2;/h17H,3-16H2,1-2H3,(H,18,19,20);/q;+1/p-1. The van der Waals surface area contributed by atoms with E-state index in [0.717, 1.165) is 25.7 Å². The molecule has 0 rings (SSSR count). The van der Waals surface area contributed by atoms with Gasteiger partial charge >= 0.3 is 51.4 Å². The summed E-state index contributed by atoms with van der Waals surface area (Å²) >= 11 is 0. The van der Waals surface area contributed by atoms with Crippen LogP contribution in [0.15, 0.2) is 0 Å². The summed E-state index contributed by atoms with van der Waals surface area (Å²) < 4.78 is 36.3. The van der Waals surface area contributed by atoms with Gasteiger partial charge in [-0.1, -0.05) is 84.5 Å². The first-order chi connectivity index (χ1) is 10.5. The first-order valence-corrected chi connectivity index (χ1v) is 10.4. The summed E-state index contributed by atoms with van der Waals surface area (Å²) in [6.45, 7) is 4.46. The van der Waals surface area contributed by atoms with Gasteiger partial charge in [0.2, 0.25) is 10.4 Å². The van der Waals surface area contributed by atoms with Crippen molar-refractivity contribution in [3.8, 4) is 0 Å². The van der Waals surface area contributed by atoms with Gasteiger partial charge in [0.05, 0.1) is 6.61 Å². The summed E-state index contributed by atoms with van der Waals surface area (Å²) in [4.78, 5) is 0. The zero-order chi connectivity index (χ0) is 16.7. The van der Waals surface area contributed by atoms with Crippen LogP contribution in [0.2, 0.25) is 0 Å². The third-order valence-electron chi connectivity index (χ3n) is 4.13. The molecule has 6 heteroatoms. The van der Waals surface area contributed by atoms with Crippen molar-refractivity contribution in [3.63, 3.8) is 0 Å². The maximum absolute atomic E-state index is 10.6. The minimum absolute atomic E-state index is 0. The molecule has 0 aromatic rings. The molecular weight excluding hydrogens is 339 g/mol. The van der Waals surface area contributed by atoms with Crippen molar-refractivity contribution in [1.29, 1.82) is 0 Å². The number of rotatable bonds is 16. The van der Waals surface area contributed by atoms with Crippen molar-refractivity contribution in [3.05, 3.63) is 0 Å². The molecule has 0 aliphatic carbocycles. The Balaban J connectivity index is 0. The summed E-state index contributed by atoms with van der Waals surface area (Å²) in [5.41, 5.74) is 0. The molecule has 0 aliphatic rings. The molecule has 0 heterocycles. The Morgan fingerprint density at radius 2 is 1.17 bits per heavy atom. The van der Waals surface area contributed by atoms with E-state index in [4.69, 9.17) is 0 Å². The van der Waals surface area contributed by atoms with E-state index in [1.165, 1.54) is 57.8 Å². The van der Waals surface area contributed by atoms with Crippen LogP contribution in [0.25, 0.3) is 0 Å². The Kier molecular flexibility index (Phi) is 21.3. The van der Waals surface area contributed by atoms with Crippen LogP contribution in [-0.4, -0.2) is 19.6 Å². The summed E-state index contributed by atoms with van der Waals surface area (Å²) in [7, 11) is -4.55.